The van der Waals surface area contributed by atoms with Gasteiger partial charge in [0.2, 0.25) is 5.91 Å². The Labute approximate surface area is 450 Å². The average Bonchev–Trinajstić information content (AvgIpc) is 3.39. The summed E-state index contributed by atoms with van der Waals surface area (Å²) in [5.41, 5.74) is 0. The Bertz CT molecular complexity index is 1160. The summed E-state index contributed by atoms with van der Waals surface area (Å²) >= 11 is 0. The van der Waals surface area contributed by atoms with Crippen molar-refractivity contribution in [3.05, 3.63) is 48.6 Å². The second-order valence-electron chi connectivity index (χ2n) is 22.3. The van der Waals surface area contributed by atoms with E-state index in [9.17, 15) is 20.1 Å². The van der Waals surface area contributed by atoms with Gasteiger partial charge in [-0.3, -0.25) is 4.79 Å². The van der Waals surface area contributed by atoms with Crippen molar-refractivity contribution in [1.82, 2.24) is 5.32 Å². The van der Waals surface area contributed by atoms with Crippen LogP contribution in [0.5, 0.6) is 0 Å². The summed E-state index contributed by atoms with van der Waals surface area (Å²) in [4.78, 5) is 12.6. The molecule has 0 heterocycles. The van der Waals surface area contributed by atoms with Gasteiger partial charge in [-0.15, -0.1) is 0 Å². The van der Waals surface area contributed by atoms with Gasteiger partial charge in [-0.2, -0.15) is 0 Å². The summed E-state index contributed by atoms with van der Waals surface area (Å²) in [5, 5.41) is 33.4. The quantitative estimate of drug-likeness (QED) is 0.0361. The van der Waals surface area contributed by atoms with Gasteiger partial charge in [0.1, 0.15) is 6.10 Å². The third kappa shape index (κ3) is 56.0. The summed E-state index contributed by atoms with van der Waals surface area (Å²) in [6.45, 7) is 4.21. The van der Waals surface area contributed by atoms with E-state index < -0.39 is 24.2 Å². The number of aliphatic hydroxyl groups is 3. The van der Waals surface area contributed by atoms with Crippen molar-refractivity contribution in [1.29, 1.82) is 0 Å². The molecule has 0 rings (SSSR count). The predicted molar refractivity (Wildman–Crippen MR) is 319 cm³/mol. The van der Waals surface area contributed by atoms with Gasteiger partial charge in [-0.1, -0.05) is 326 Å². The van der Waals surface area contributed by atoms with Crippen molar-refractivity contribution < 1.29 is 20.1 Å². The highest BCUT2D eigenvalue weighted by Gasteiger charge is 2.22. The molecule has 0 bridgehead atoms. The fraction of sp³-hybridized carbons (Fsp3) is 0.866. The van der Waals surface area contributed by atoms with Crippen molar-refractivity contribution in [3.63, 3.8) is 0 Å². The predicted octanol–water partition coefficient (Wildman–Crippen LogP) is 20.7. The van der Waals surface area contributed by atoms with E-state index in [1.807, 2.05) is 6.08 Å². The molecular weight excluding hydrogens is 883 g/mol. The monoisotopic (exact) mass is 1010 g/mol. The van der Waals surface area contributed by atoms with Crippen LogP contribution in [0, 0.1) is 0 Å². The van der Waals surface area contributed by atoms with Crippen LogP contribution in [0.2, 0.25) is 0 Å². The van der Waals surface area contributed by atoms with Crippen LogP contribution >= 0.6 is 0 Å². The Morgan fingerprint density at radius 3 is 0.847 bits per heavy atom. The van der Waals surface area contributed by atoms with E-state index in [4.69, 9.17) is 0 Å². The molecule has 4 N–H and O–H groups in total. The number of unbranched alkanes of at least 4 members (excludes halogenated alkanes) is 46. The molecule has 0 saturated carbocycles. The molecule has 0 aromatic rings. The highest BCUT2D eigenvalue weighted by Crippen LogP contribution is 2.18. The number of allylic oxidation sites excluding steroid dienone is 7. The number of amides is 1. The van der Waals surface area contributed by atoms with Gasteiger partial charge in [0.25, 0.3) is 0 Å². The lowest BCUT2D eigenvalue weighted by molar-refractivity contribution is -0.131. The van der Waals surface area contributed by atoms with Crippen molar-refractivity contribution in [3.8, 4) is 0 Å². The van der Waals surface area contributed by atoms with Gasteiger partial charge in [0.05, 0.1) is 18.8 Å². The second kappa shape index (κ2) is 61.9. The van der Waals surface area contributed by atoms with E-state index in [0.29, 0.717) is 6.42 Å². The third-order valence-electron chi connectivity index (χ3n) is 15.1. The van der Waals surface area contributed by atoms with Crippen LogP contribution in [-0.2, 0) is 4.79 Å². The van der Waals surface area contributed by atoms with Crippen LogP contribution in [0.25, 0.3) is 0 Å². The fourth-order valence-electron chi connectivity index (χ4n) is 10.1. The van der Waals surface area contributed by atoms with Crippen molar-refractivity contribution in [2.45, 2.75) is 366 Å². The number of hydrogen-bond donors (Lipinski definition) is 4. The largest absolute Gasteiger partial charge is 0.394 e. The van der Waals surface area contributed by atoms with Gasteiger partial charge in [0, 0.05) is 0 Å². The first-order valence-corrected chi connectivity index (χ1v) is 32.5. The minimum absolute atomic E-state index is 0.380. The summed E-state index contributed by atoms with van der Waals surface area (Å²) in [6, 6.07) is -0.823. The minimum Gasteiger partial charge on any atom is -0.394 e. The second-order valence-corrected chi connectivity index (χ2v) is 22.3. The minimum atomic E-state index is -1.11. The molecule has 0 spiro atoms. The van der Waals surface area contributed by atoms with Gasteiger partial charge in [-0.25, -0.2) is 0 Å². The maximum Gasteiger partial charge on any atom is 0.249 e. The topological polar surface area (TPSA) is 89.8 Å². The average molecular weight is 1010 g/mol. The first-order valence-electron chi connectivity index (χ1n) is 32.5. The van der Waals surface area contributed by atoms with Crippen LogP contribution in [0.4, 0.5) is 0 Å². The molecule has 72 heavy (non-hydrogen) atoms. The molecule has 0 saturated heterocycles. The molecule has 0 radical (unpaired) electrons. The third-order valence-corrected chi connectivity index (χ3v) is 15.1. The van der Waals surface area contributed by atoms with Crippen LogP contribution in [0.15, 0.2) is 48.6 Å². The smallest absolute Gasteiger partial charge is 0.249 e. The Kier molecular flexibility index (Phi) is 60.4. The Hall–Kier alpha value is -1.69. The number of aliphatic hydroxyl groups excluding tert-OH is 3. The van der Waals surface area contributed by atoms with E-state index in [2.05, 4.69) is 55.6 Å². The fourth-order valence-corrected chi connectivity index (χ4v) is 10.1. The van der Waals surface area contributed by atoms with Gasteiger partial charge >= 0.3 is 0 Å². The number of hydrogen-bond acceptors (Lipinski definition) is 4. The molecule has 1 amide bonds. The lowest BCUT2D eigenvalue weighted by atomic mass is 10.0. The maximum atomic E-state index is 12.6. The molecule has 0 aromatic carbocycles. The van der Waals surface area contributed by atoms with Crippen molar-refractivity contribution in [2.24, 2.45) is 0 Å². The molecule has 0 fully saturated rings. The lowest BCUT2D eigenvalue weighted by Crippen LogP contribution is -2.48. The molecule has 3 atom stereocenters. The Balaban J connectivity index is 3.54. The van der Waals surface area contributed by atoms with Gasteiger partial charge in [-0.05, 0) is 70.6 Å². The number of carbonyl (C=O) groups is 1. The van der Waals surface area contributed by atoms with Crippen LogP contribution in [0.3, 0.4) is 0 Å². The zero-order chi connectivity index (χ0) is 52.2. The van der Waals surface area contributed by atoms with Crippen LogP contribution < -0.4 is 5.32 Å². The van der Waals surface area contributed by atoms with E-state index in [-0.39, 0.29) is 6.61 Å². The summed E-state index contributed by atoms with van der Waals surface area (Å²) < 4.78 is 0. The molecular formula is C67H127NO4. The van der Waals surface area contributed by atoms with Gasteiger partial charge in [0.15, 0.2) is 0 Å². The van der Waals surface area contributed by atoms with Crippen molar-refractivity contribution >= 4 is 5.91 Å². The first kappa shape index (κ1) is 70.3. The zero-order valence-electron chi connectivity index (χ0n) is 48.6. The SMILES string of the molecule is CCCCCCCCCCCCCC/C=C/CC/C=C/CC/C=C/C(O)C(CO)NC(=O)C(O)CCCCCCCCCCCCCCCCCC/C=C\CCCCCCCCCCCCCCCCCC. The van der Waals surface area contributed by atoms with E-state index >= 15 is 0 Å². The molecule has 3 unspecified atom stereocenters. The summed E-state index contributed by atoms with van der Waals surface area (Å²) in [5.74, 6) is -0.512. The zero-order valence-corrected chi connectivity index (χ0v) is 48.6. The summed E-state index contributed by atoms with van der Waals surface area (Å²) in [7, 11) is 0. The first-order chi connectivity index (χ1) is 35.6. The highest BCUT2D eigenvalue weighted by atomic mass is 16.3. The Morgan fingerprint density at radius 2 is 0.569 bits per heavy atom. The molecule has 0 aromatic heterocycles. The van der Waals surface area contributed by atoms with Crippen LogP contribution in [0.1, 0.15) is 348 Å². The number of nitrogens with one attached hydrogen (secondary N) is 1. The maximum absolute atomic E-state index is 12.6. The lowest BCUT2D eigenvalue weighted by Gasteiger charge is -2.21. The van der Waals surface area contributed by atoms with E-state index in [0.717, 1.165) is 44.9 Å². The number of rotatable bonds is 60. The van der Waals surface area contributed by atoms with Gasteiger partial charge < -0.3 is 20.6 Å². The van der Waals surface area contributed by atoms with Crippen molar-refractivity contribution in [2.75, 3.05) is 6.61 Å². The molecule has 0 aliphatic heterocycles. The van der Waals surface area contributed by atoms with E-state index in [1.165, 1.54) is 283 Å². The summed E-state index contributed by atoms with van der Waals surface area (Å²) in [6.07, 6.45) is 83.8. The molecule has 424 valence electrons. The highest BCUT2D eigenvalue weighted by molar-refractivity contribution is 5.80. The molecule has 0 aliphatic rings. The molecule has 5 nitrogen and oxygen atoms in total. The Morgan fingerprint density at radius 1 is 0.333 bits per heavy atom. The number of carbonyl (C=O) groups excluding carboxylic acids is 1. The molecule has 0 aliphatic carbocycles. The standard InChI is InChI=1S/C67H127NO4/c1-3-5-7-9-11-13-15-17-19-21-23-25-27-28-29-30-31-32-33-34-35-36-37-38-39-40-42-44-46-48-50-52-54-56-58-60-62-66(71)67(72)68-64(63-69)65(70)61-59-57-55-53-51-49-47-45-43-41-26-24-22-20-18-16-14-12-10-8-6-4-2/h32-33,43,45,51,53,59,61,64-66,69-71H,3-31,34-42,44,46-50,52,54-58,60,62-63H2,1-2H3,(H,68,72)/b33-32-,45-43+,53-51+,61-59+. The van der Waals surface area contributed by atoms with E-state index in [1.54, 1.807) is 6.08 Å². The molecule has 5 heteroatoms. The van der Waals surface area contributed by atoms with Crippen LogP contribution in [-0.4, -0.2) is 46.1 Å². The normalized spacial score (nSPS) is 13.5.